The molecular weight excluding hydrogens is 294 g/mol. The average molecular weight is 316 g/mol. The van der Waals surface area contributed by atoms with Crippen LogP contribution in [0.5, 0.6) is 0 Å². The van der Waals surface area contributed by atoms with E-state index in [4.69, 9.17) is 17.3 Å². The van der Waals surface area contributed by atoms with Gasteiger partial charge in [0.25, 0.3) is 0 Å². The van der Waals surface area contributed by atoms with Gasteiger partial charge in [-0.3, -0.25) is 0 Å². The first-order valence-corrected chi connectivity index (χ1v) is 8.19. The third-order valence-electron chi connectivity index (χ3n) is 4.35. The molecule has 0 aliphatic carbocycles. The lowest BCUT2D eigenvalue weighted by molar-refractivity contribution is 0.653. The molecule has 3 rings (SSSR count). The topological polar surface area (TPSA) is 32.5 Å². The van der Waals surface area contributed by atoms with E-state index in [-0.39, 0.29) is 0 Å². The highest BCUT2D eigenvalue weighted by Crippen LogP contribution is 2.30. The quantitative estimate of drug-likeness (QED) is 0.874. The van der Waals surface area contributed by atoms with Gasteiger partial charge in [-0.2, -0.15) is 0 Å². The normalized spacial score (nSPS) is 15.2. The van der Waals surface area contributed by atoms with E-state index in [2.05, 4.69) is 53.1 Å². The molecule has 116 valence electrons. The fraction of sp³-hybridized carbons (Fsp3) is 0.333. The number of hydrogen-bond donors (Lipinski definition) is 1. The van der Waals surface area contributed by atoms with Crippen molar-refractivity contribution in [3.05, 3.63) is 53.1 Å². The van der Waals surface area contributed by atoms with Gasteiger partial charge < -0.3 is 15.5 Å². The van der Waals surface area contributed by atoms with Crippen LogP contribution in [0.3, 0.4) is 0 Å². The van der Waals surface area contributed by atoms with Crippen LogP contribution in [0.1, 0.15) is 12.5 Å². The second-order valence-electron chi connectivity index (χ2n) is 5.66. The van der Waals surface area contributed by atoms with Crippen molar-refractivity contribution in [3.63, 3.8) is 0 Å². The zero-order valence-corrected chi connectivity index (χ0v) is 13.7. The summed E-state index contributed by atoms with van der Waals surface area (Å²) in [6.45, 7) is 6.15. The molecule has 0 saturated carbocycles. The molecule has 2 N–H and O–H groups in total. The molecule has 0 atom stereocenters. The molecule has 1 fully saturated rings. The van der Waals surface area contributed by atoms with Crippen molar-refractivity contribution in [3.8, 4) is 0 Å². The van der Waals surface area contributed by atoms with Crippen LogP contribution >= 0.6 is 11.6 Å². The predicted molar refractivity (Wildman–Crippen MR) is 96.1 cm³/mol. The van der Waals surface area contributed by atoms with E-state index in [0.717, 1.165) is 43.9 Å². The maximum atomic E-state index is 6.28. The second kappa shape index (κ2) is 6.49. The third-order valence-corrected chi connectivity index (χ3v) is 4.66. The monoisotopic (exact) mass is 315 g/mol. The number of halogens is 1. The second-order valence-corrected chi connectivity index (χ2v) is 6.07. The minimum Gasteiger partial charge on any atom is -0.397 e. The molecule has 0 unspecified atom stereocenters. The van der Waals surface area contributed by atoms with Gasteiger partial charge in [-0.1, -0.05) is 36.7 Å². The number of piperazine rings is 1. The average Bonchev–Trinajstić information content (AvgIpc) is 2.58. The maximum absolute atomic E-state index is 6.28. The number of anilines is 3. The van der Waals surface area contributed by atoms with E-state index < -0.39 is 0 Å². The minimum absolute atomic E-state index is 0.667. The summed E-state index contributed by atoms with van der Waals surface area (Å²) in [4.78, 5) is 4.82. The predicted octanol–water partition coefficient (Wildman–Crippen LogP) is 3.81. The fourth-order valence-corrected chi connectivity index (χ4v) is 3.23. The van der Waals surface area contributed by atoms with E-state index in [1.165, 1.54) is 11.4 Å². The van der Waals surface area contributed by atoms with Crippen LogP contribution in [0.4, 0.5) is 17.1 Å². The van der Waals surface area contributed by atoms with E-state index in [1.54, 1.807) is 0 Å². The molecule has 0 spiro atoms. The van der Waals surface area contributed by atoms with Crippen molar-refractivity contribution in [2.45, 2.75) is 13.3 Å². The summed E-state index contributed by atoms with van der Waals surface area (Å²) in [6, 6.07) is 14.8. The van der Waals surface area contributed by atoms with Gasteiger partial charge in [0, 0.05) is 37.6 Å². The molecule has 0 radical (unpaired) electrons. The van der Waals surface area contributed by atoms with Crippen molar-refractivity contribution in [1.82, 2.24) is 0 Å². The van der Waals surface area contributed by atoms with Crippen LogP contribution in [0, 0.1) is 0 Å². The lowest BCUT2D eigenvalue weighted by Gasteiger charge is -2.37. The van der Waals surface area contributed by atoms with Crippen molar-refractivity contribution < 1.29 is 0 Å². The Morgan fingerprint density at radius 1 is 0.955 bits per heavy atom. The van der Waals surface area contributed by atoms with Gasteiger partial charge >= 0.3 is 0 Å². The molecule has 4 heteroatoms. The summed E-state index contributed by atoms with van der Waals surface area (Å²) in [6.07, 6.45) is 0.906. The van der Waals surface area contributed by atoms with Crippen LogP contribution in [-0.4, -0.2) is 26.2 Å². The molecule has 1 saturated heterocycles. The Morgan fingerprint density at radius 3 is 2.14 bits per heavy atom. The van der Waals surface area contributed by atoms with Crippen molar-refractivity contribution in [2.24, 2.45) is 0 Å². The standard InChI is InChI=1S/C18H22ClN3/c1-2-14-12-16(13-17(19)18(14)20)22-10-8-21(9-11-22)15-6-4-3-5-7-15/h3-7,12-13H,2,8-11,20H2,1H3. The highest BCUT2D eigenvalue weighted by molar-refractivity contribution is 6.33. The Labute approximate surface area is 137 Å². The molecule has 0 bridgehead atoms. The number of nitrogen functional groups attached to an aromatic ring is 1. The summed E-state index contributed by atoms with van der Waals surface area (Å²) in [5.41, 5.74) is 10.4. The molecule has 0 aromatic heterocycles. The SMILES string of the molecule is CCc1cc(N2CCN(c3ccccc3)CC2)cc(Cl)c1N. The molecule has 1 heterocycles. The van der Waals surface area contributed by atoms with Crippen LogP contribution < -0.4 is 15.5 Å². The Hall–Kier alpha value is -1.87. The highest BCUT2D eigenvalue weighted by atomic mass is 35.5. The highest BCUT2D eigenvalue weighted by Gasteiger charge is 2.18. The van der Waals surface area contributed by atoms with E-state index in [9.17, 15) is 0 Å². The number of hydrogen-bond acceptors (Lipinski definition) is 3. The smallest absolute Gasteiger partial charge is 0.0658 e. The molecule has 1 aliphatic rings. The number of nitrogens with zero attached hydrogens (tertiary/aromatic N) is 2. The van der Waals surface area contributed by atoms with Gasteiger partial charge in [0.2, 0.25) is 0 Å². The number of aryl methyl sites for hydroxylation is 1. The molecule has 22 heavy (non-hydrogen) atoms. The van der Waals surface area contributed by atoms with Gasteiger partial charge in [0.05, 0.1) is 10.7 Å². The summed E-state index contributed by atoms with van der Waals surface area (Å²) < 4.78 is 0. The third kappa shape index (κ3) is 3.00. The Bertz CT molecular complexity index is 634. The van der Waals surface area contributed by atoms with Gasteiger partial charge in [0.15, 0.2) is 0 Å². The van der Waals surface area contributed by atoms with Crippen LogP contribution in [0.2, 0.25) is 5.02 Å². The van der Waals surface area contributed by atoms with E-state index >= 15 is 0 Å². The molecule has 1 aliphatic heterocycles. The zero-order chi connectivity index (χ0) is 15.5. The molecule has 2 aromatic rings. The first-order valence-electron chi connectivity index (χ1n) is 7.82. The number of para-hydroxylation sites is 1. The summed E-state index contributed by atoms with van der Waals surface area (Å²) >= 11 is 6.28. The Kier molecular flexibility index (Phi) is 4.44. The Morgan fingerprint density at radius 2 is 1.55 bits per heavy atom. The minimum atomic E-state index is 0.667. The molecule has 0 amide bonds. The fourth-order valence-electron chi connectivity index (χ4n) is 3.00. The van der Waals surface area contributed by atoms with Crippen LogP contribution in [0.15, 0.2) is 42.5 Å². The summed E-state index contributed by atoms with van der Waals surface area (Å²) in [5, 5.41) is 0.667. The van der Waals surface area contributed by atoms with Gasteiger partial charge in [-0.05, 0) is 36.2 Å². The lowest BCUT2D eigenvalue weighted by Crippen LogP contribution is -2.46. The first-order chi connectivity index (χ1) is 10.7. The van der Waals surface area contributed by atoms with Crippen LogP contribution in [0.25, 0.3) is 0 Å². The summed E-state index contributed by atoms with van der Waals surface area (Å²) in [7, 11) is 0. The van der Waals surface area contributed by atoms with E-state index in [0.29, 0.717) is 5.02 Å². The molecule has 2 aromatic carbocycles. The van der Waals surface area contributed by atoms with Gasteiger partial charge in [0.1, 0.15) is 0 Å². The lowest BCUT2D eigenvalue weighted by atomic mass is 10.1. The van der Waals surface area contributed by atoms with Gasteiger partial charge in [-0.25, -0.2) is 0 Å². The zero-order valence-electron chi connectivity index (χ0n) is 12.9. The number of nitrogens with two attached hydrogens (primary N) is 1. The van der Waals surface area contributed by atoms with E-state index in [1.807, 2.05) is 6.07 Å². The van der Waals surface area contributed by atoms with Crippen molar-refractivity contribution in [1.29, 1.82) is 0 Å². The van der Waals surface area contributed by atoms with Crippen LogP contribution in [-0.2, 0) is 6.42 Å². The number of rotatable bonds is 3. The maximum Gasteiger partial charge on any atom is 0.0658 e. The first kappa shape index (κ1) is 15.0. The van der Waals surface area contributed by atoms with Crippen molar-refractivity contribution in [2.75, 3.05) is 41.7 Å². The largest absolute Gasteiger partial charge is 0.397 e. The number of benzene rings is 2. The Balaban J connectivity index is 1.73. The molecule has 3 nitrogen and oxygen atoms in total. The van der Waals surface area contributed by atoms with Crippen molar-refractivity contribution >= 4 is 28.7 Å². The summed E-state index contributed by atoms with van der Waals surface area (Å²) in [5.74, 6) is 0. The molecular formula is C18H22ClN3. The van der Waals surface area contributed by atoms with Gasteiger partial charge in [-0.15, -0.1) is 0 Å².